The fourth-order valence-electron chi connectivity index (χ4n) is 2.18. The molecule has 1 heterocycles. The summed E-state index contributed by atoms with van der Waals surface area (Å²) in [4.78, 5) is 16.4. The summed E-state index contributed by atoms with van der Waals surface area (Å²) in [6.07, 6.45) is 0.698. The van der Waals surface area contributed by atoms with Crippen LogP contribution in [0.5, 0.6) is 0 Å². The number of carbonyl (C=O) groups excluding carboxylic acids is 1. The van der Waals surface area contributed by atoms with Gasteiger partial charge in [-0.3, -0.25) is 4.90 Å². The van der Waals surface area contributed by atoms with E-state index in [1.54, 1.807) is 4.90 Å². The first-order valence-electron chi connectivity index (χ1n) is 6.90. The second-order valence-corrected chi connectivity index (χ2v) is 5.79. The van der Waals surface area contributed by atoms with Crippen LogP contribution in [0.3, 0.4) is 0 Å². The summed E-state index contributed by atoms with van der Waals surface area (Å²) in [6, 6.07) is 0.142. The zero-order valence-electron chi connectivity index (χ0n) is 12.1. The van der Waals surface area contributed by atoms with E-state index in [-0.39, 0.29) is 12.1 Å². The largest absolute Gasteiger partial charge is 0.449 e. The van der Waals surface area contributed by atoms with Crippen molar-refractivity contribution in [1.82, 2.24) is 9.80 Å². The molecule has 0 aromatic rings. The van der Waals surface area contributed by atoms with Gasteiger partial charge in [0.1, 0.15) is 0 Å². The third-order valence-corrected chi connectivity index (χ3v) is 3.54. The molecular weight excluding hydrogens is 262 g/mol. The lowest BCUT2D eigenvalue weighted by atomic mass is 10.1. The van der Waals surface area contributed by atoms with E-state index < -0.39 is 0 Å². The summed E-state index contributed by atoms with van der Waals surface area (Å²) in [7, 11) is 0. The number of ether oxygens (including phenoxy) is 1. The van der Waals surface area contributed by atoms with E-state index in [2.05, 4.69) is 11.8 Å². The third-order valence-electron chi connectivity index (χ3n) is 3.27. The fourth-order valence-corrected chi connectivity index (χ4v) is 2.50. The molecule has 110 valence electrons. The number of thiocarbonyl (C=S) groups is 1. The summed E-state index contributed by atoms with van der Waals surface area (Å²) >= 11 is 5.08. The van der Waals surface area contributed by atoms with Crippen molar-refractivity contribution in [2.75, 3.05) is 32.8 Å². The molecule has 1 fully saturated rings. The first-order valence-corrected chi connectivity index (χ1v) is 7.31. The Hall–Kier alpha value is -0.880. The molecule has 0 saturated carbocycles. The highest BCUT2D eigenvalue weighted by molar-refractivity contribution is 7.80. The quantitative estimate of drug-likeness (QED) is 0.776. The van der Waals surface area contributed by atoms with Gasteiger partial charge in [0.15, 0.2) is 0 Å². The molecule has 0 bridgehead atoms. The highest BCUT2D eigenvalue weighted by Gasteiger charge is 2.27. The van der Waals surface area contributed by atoms with E-state index in [1.165, 1.54) is 0 Å². The smallest absolute Gasteiger partial charge is 0.409 e. The molecule has 6 heteroatoms. The molecule has 1 aliphatic heterocycles. The van der Waals surface area contributed by atoms with Crippen molar-refractivity contribution < 1.29 is 9.53 Å². The van der Waals surface area contributed by atoms with E-state index >= 15 is 0 Å². The van der Waals surface area contributed by atoms with Crippen LogP contribution in [0, 0.1) is 5.92 Å². The van der Waals surface area contributed by atoms with Crippen molar-refractivity contribution in [3.63, 3.8) is 0 Å². The molecule has 0 aromatic heterocycles. The summed E-state index contributed by atoms with van der Waals surface area (Å²) in [5.41, 5.74) is 5.74. The van der Waals surface area contributed by atoms with Gasteiger partial charge in [-0.2, -0.15) is 0 Å². The molecule has 2 N–H and O–H groups in total. The Bertz CT molecular complexity index is 315. The highest BCUT2D eigenvalue weighted by Crippen LogP contribution is 2.11. The number of hydrogen-bond acceptors (Lipinski definition) is 4. The number of hydrogen-bond donors (Lipinski definition) is 1. The van der Waals surface area contributed by atoms with E-state index in [1.807, 2.05) is 13.8 Å². The molecule has 1 amide bonds. The van der Waals surface area contributed by atoms with Gasteiger partial charge in [0.05, 0.1) is 17.6 Å². The maximum absolute atomic E-state index is 11.8. The lowest BCUT2D eigenvalue weighted by Gasteiger charge is -2.38. The maximum atomic E-state index is 11.8. The topological polar surface area (TPSA) is 58.8 Å². The first-order chi connectivity index (χ1) is 8.95. The molecule has 0 spiro atoms. The number of piperazine rings is 1. The van der Waals surface area contributed by atoms with Crippen molar-refractivity contribution in [3.8, 4) is 0 Å². The second-order valence-electron chi connectivity index (χ2n) is 5.32. The Labute approximate surface area is 121 Å². The van der Waals surface area contributed by atoms with Crippen molar-refractivity contribution in [3.05, 3.63) is 0 Å². The minimum absolute atomic E-state index is 0.142. The van der Waals surface area contributed by atoms with Crippen molar-refractivity contribution in [2.24, 2.45) is 11.7 Å². The van der Waals surface area contributed by atoms with Gasteiger partial charge in [-0.1, -0.05) is 33.0 Å². The molecule has 0 aromatic carbocycles. The van der Waals surface area contributed by atoms with Gasteiger partial charge in [-0.25, -0.2) is 4.79 Å². The van der Waals surface area contributed by atoms with Crippen LogP contribution in [0.25, 0.3) is 0 Å². The average molecular weight is 287 g/mol. The Morgan fingerprint density at radius 1 is 1.32 bits per heavy atom. The van der Waals surface area contributed by atoms with Crippen LogP contribution in [0.4, 0.5) is 4.79 Å². The van der Waals surface area contributed by atoms with Gasteiger partial charge >= 0.3 is 6.09 Å². The molecule has 1 saturated heterocycles. The Balaban J connectivity index is 2.40. The van der Waals surface area contributed by atoms with Crippen LogP contribution in [-0.4, -0.2) is 59.7 Å². The first kappa shape index (κ1) is 16.2. The molecule has 1 aliphatic rings. The van der Waals surface area contributed by atoms with E-state index in [4.69, 9.17) is 22.7 Å². The number of carbonyl (C=O) groups is 1. The van der Waals surface area contributed by atoms with Crippen molar-refractivity contribution in [1.29, 1.82) is 0 Å². The summed E-state index contributed by atoms with van der Waals surface area (Å²) < 4.78 is 5.23. The molecule has 5 nitrogen and oxygen atoms in total. The standard InChI is InChI=1S/C13H25N3O2S/c1-4-11(12(14)19)15-5-7-16(8-6-15)13(17)18-9-10(2)3/h10-11H,4-9H2,1-3H3,(H2,14,19). The maximum Gasteiger partial charge on any atom is 0.409 e. The molecular formula is C13H25N3O2S. The molecule has 0 radical (unpaired) electrons. The monoisotopic (exact) mass is 287 g/mol. The van der Waals surface area contributed by atoms with Crippen LogP contribution >= 0.6 is 12.2 Å². The number of nitrogens with two attached hydrogens (primary N) is 1. The Morgan fingerprint density at radius 3 is 2.32 bits per heavy atom. The zero-order valence-corrected chi connectivity index (χ0v) is 12.9. The van der Waals surface area contributed by atoms with Gasteiger partial charge < -0.3 is 15.4 Å². The highest BCUT2D eigenvalue weighted by atomic mass is 32.1. The van der Waals surface area contributed by atoms with Crippen LogP contribution in [0.2, 0.25) is 0 Å². The molecule has 1 atom stereocenters. The van der Waals surface area contributed by atoms with Gasteiger partial charge in [0.2, 0.25) is 0 Å². The van der Waals surface area contributed by atoms with E-state index in [0.29, 0.717) is 30.6 Å². The number of amides is 1. The zero-order chi connectivity index (χ0) is 14.4. The van der Waals surface area contributed by atoms with Gasteiger partial charge in [-0.15, -0.1) is 0 Å². The SMILES string of the molecule is CCC(C(N)=S)N1CCN(C(=O)OCC(C)C)CC1. The van der Waals surface area contributed by atoms with Gasteiger partial charge in [0.25, 0.3) is 0 Å². The summed E-state index contributed by atoms with van der Waals surface area (Å²) in [6.45, 7) is 9.56. The average Bonchev–Trinajstić information content (AvgIpc) is 2.37. The van der Waals surface area contributed by atoms with Crippen LogP contribution in [-0.2, 0) is 4.74 Å². The third kappa shape index (κ3) is 4.95. The normalized spacial score (nSPS) is 18.4. The van der Waals surface area contributed by atoms with Crippen molar-refractivity contribution in [2.45, 2.75) is 33.2 Å². The van der Waals surface area contributed by atoms with E-state index in [0.717, 1.165) is 19.5 Å². The van der Waals surface area contributed by atoms with Crippen LogP contribution < -0.4 is 5.73 Å². The van der Waals surface area contributed by atoms with E-state index in [9.17, 15) is 4.79 Å². The minimum Gasteiger partial charge on any atom is -0.449 e. The fraction of sp³-hybridized carbons (Fsp3) is 0.846. The van der Waals surface area contributed by atoms with Crippen molar-refractivity contribution >= 4 is 23.3 Å². The predicted octanol–water partition coefficient (Wildman–Crippen LogP) is 1.46. The predicted molar refractivity (Wildman–Crippen MR) is 80.2 cm³/mol. The Morgan fingerprint density at radius 2 is 1.89 bits per heavy atom. The number of nitrogens with zero attached hydrogens (tertiary/aromatic N) is 2. The lowest BCUT2D eigenvalue weighted by Crippen LogP contribution is -2.54. The lowest BCUT2D eigenvalue weighted by molar-refractivity contribution is 0.0647. The van der Waals surface area contributed by atoms with Crippen LogP contribution in [0.1, 0.15) is 27.2 Å². The molecule has 19 heavy (non-hydrogen) atoms. The number of rotatable bonds is 5. The summed E-state index contributed by atoms with van der Waals surface area (Å²) in [5, 5.41) is 0. The molecule has 1 rings (SSSR count). The Kier molecular flexibility index (Phi) is 6.51. The van der Waals surface area contributed by atoms with Gasteiger partial charge in [-0.05, 0) is 12.3 Å². The summed E-state index contributed by atoms with van der Waals surface area (Å²) in [5.74, 6) is 0.365. The van der Waals surface area contributed by atoms with Crippen LogP contribution in [0.15, 0.2) is 0 Å². The molecule has 1 unspecified atom stereocenters. The second kappa shape index (κ2) is 7.65. The minimum atomic E-state index is -0.211. The molecule has 0 aliphatic carbocycles. The van der Waals surface area contributed by atoms with Gasteiger partial charge in [0, 0.05) is 26.2 Å².